The van der Waals surface area contributed by atoms with Gasteiger partial charge in [0.25, 0.3) is 0 Å². The van der Waals surface area contributed by atoms with Gasteiger partial charge in [-0.15, -0.1) is 0 Å². The maximum absolute atomic E-state index is 14.1. The number of unbranched alkanes of at least 4 members (excludes halogenated alkanes) is 1. The lowest BCUT2D eigenvalue weighted by Gasteiger charge is -2.47. The van der Waals surface area contributed by atoms with Gasteiger partial charge < -0.3 is 25.5 Å². The highest BCUT2D eigenvalue weighted by Gasteiger charge is 2.45. The summed E-state index contributed by atoms with van der Waals surface area (Å²) in [4.78, 5) is 25.5. The lowest BCUT2D eigenvalue weighted by molar-refractivity contribution is -0.124. The molecule has 1 aromatic heterocycles. The van der Waals surface area contributed by atoms with Gasteiger partial charge >= 0.3 is 0 Å². The molecule has 4 aliphatic rings. The summed E-state index contributed by atoms with van der Waals surface area (Å²) in [7, 11) is 0. The number of halogens is 3. The van der Waals surface area contributed by atoms with Crippen molar-refractivity contribution in [3.63, 3.8) is 0 Å². The van der Waals surface area contributed by atoms with E-state index in [0.717, 1.165) is 102 Å². The van der Waals surface area contributed by atoms with Gasteiger partial charge in [0.2, 0.25) is 5.92 Å². The highest BCUT2D eigenvalue weighted by molar-refractivity contribution is 14.1. The van der Waals surface area contributed by atoms with Gasteiger partial charge in [0.1, 0.15) is 6.29 Å². The number of pyridine rings is 1. The number of aryl methyl sites for hydroxylation is 1. The van der Waals surface area contributed by atoms with E-state index in [1.165, 1.54) is 23.2 Å². The SMILES string of the molecule is NCCCCN(C[C@H]1CN(CC[C@@](CI)(NCC2(C=O)CCC(F)(F)CC2)c2ccccc2)CCN1CC1COC1)[C@H]1CCCc2cccnc21. The lowest BCUT2D eigenvalue weighted by Crippen LogP contribution is -2.60. The zero-order valence-corrected chi connectivity index (χ0v) is 32.5. The number of hydrogen-bond acceptors (Lipinski definition) is 8. The van der Waals surface area contributed by atoms with Gasteiger partial charge in [-0.25, -0.2) is 8.78 Å². The van der Waals surface area contributed by atoms with E-state index in [4.69, 9.17) is 15.5 Å². The third-order valence-electron chi connectivity index (χ3n) is 12.3. The maximum Gasteiger partial charge on any atom is 0.248 e. The Morgan fingerprint density at radius 1 is 1.10 bits per heavy atom. The van der Waals surface area contributed by atoms with Gasteiger partial charge in [-0.3, -0.25) is 14.8 Å². The number of ether oxygens (including phenoxy) is 1. The average Bonchev–Trinajstić information content (AvgIpc) is 3.14. The van der Waals surface area contributed by atoms with Crippen molar-refractivity contribution < 1.29 is 18.3 Å². The largest absolute Gasteiger partial charge is 0.381 e. The number of rotatable bonds is 18. The number of hydrogen-bond donors (Lipinski definition) is 2. The first-order chi connectivity index (χ1) is 24.8. The molecule has 3 atom stereocenters. The summed E-state index contributed by atoms with van der Waals surface area (Å²) >= 11 is 2.47. The second kappa shape index (κ2) is 18.1. The molecule has 3 N–H and O–H groups in total. The fourth-order valence-electron chi connectivity index (χ4n) is 8.77. The quantitative estimate of drug-likeness (QED) is 0.0842. The van der Waals surface area contributed by atoms with Crippen LogP contribution in [-0.2, 0) is 21.5 Å². The molecule has 6 rings (SSSR count). The van der Waals surface area contributed by atoms with E-state index >= 15 is 0 Å². The van der Waals surface area contributed by atoms with Crippen LogP contribution in [0.4, 0.5) is 8.78 Å². The summed E-state index contributed by atoms with van der Waals surface area (Å²) in [5.74, 6) is -2.08. The molecule has 0 unspecified atom stereocenters. The maximum atomic E-state index is 14.1. The van der Waals surface area contributed by atoms with Crippen LogP contribution in [0.1, 0.15) is 80.7 Å². The first kappa shape index (κ1) is 39.1. The Morgan fingerprint density at radius 2 is 1.90 bits per heavy atom. The molecular weight excluding hydrogens is 761 g/mol. The van der Waals surface area contributed by atoms with Crippen molar-refractivity contribution in [3.8, 4) is 0 Å². The van der Waals surface area contributed by atoms with Crippen LogP contribution >= 0.6 is 22.6 Å². The first-order valence-electron chi connectivity index (χ1n) is 19.4. The number of nitrogens with one attached hydrogen (secondary N) is 1. The third kappa shape index (κ3) is 9.93. The molecule has 0 bridgehead atoms. The average molecular weight is 821 g/mol. The van der Waals surface area contributed by atoms with Gasteiger partial charge in [-0.2, -0.15) is 0 Å². The zero-order chi connectivity index (χ0) is 35.7. The highest BCUT2D eigenvalue weighted by atomic mass is 127. The molecule has 1 saturated carbocycles. The monoisotopic (exact) mass is 820 g/mol. The number of fused-ring (bicyclic) bond motifs is 1. The molecule has 2 aromatic rings. The van der Waals surface area contributed by atoms with Crippen LogP contribution in [0.2, 0.25) is 0 Å². The predicted molar refractivity (Wildman–Crippen MR) is 207 cm³/mol. The van der Waals surface area contributed by atoms with Crippen LogP contribution in [-0.4, -0.2) is 114 Å². The molecule has 2 saturated heterocycles. The summed E-state index contributed by atoms with van der Waals surface area (Å²) in [6.45, 7) is 9.86. The van der Waals surface area contributed by atoms with Crippen molar-refractivity contribution in [2.24, 2.45) is 17.1 Å². The predicted octanol–water partition coefficient (Wildman–Crippen LogP) is 5.84. The summed E-state index contributed by atoms with van der Waals surface area (Å²) in [5.41, 5.74) is 8.69. The van der Waals surface area contributed by atoms with Crippen LogP contribution in [0, 0.1) is 11.3 Å². The van der Waals surface area contributed by atoms with E-state index in [1.807, 2.05) is 12.3 Å². The highest BCUT2D eigenvalue weighted by Crippen LogP contribution is 2.43. The van der Waals surface area contributed by atoms with E-state index in [1.54, 1.807) is 0 Å². The number of nitrogens with zero attached hydrogens (tertiary/aromatic N) is 4. The number of alkyl halides is 3. The van der Waals surface area contributed by atoms with E-state index in [9.17, 15) is 13.6 Å². The Hall–Kier alpha value is -1.61. The van der Waals surface area contributed by atoms with Gasteiger partial charge in [-0.05, 0) is 81.6 Å². The topological polar surface area (TPSA) is 87.0 Å². The van der Waals surface area contributed by atoms with Gasteiger partial charge in [-0.1, -0.05) is 59.0 Å². The second-order valence-corrected chi connectivity index (χ2v) is 16.6. The van der Waals surface area contributed by atoms with Crippen molar-refractivity contribution in [1.82, 2.24) is 25.0 Å². The van der Waals surface area contributed by atoms with Crippen LogP contribution in [0.5, 0.6) is 0 Å². The minimum Gasteiger partial charge on any atom is -0.381 e. The van der Waals surface area contributed by atoms with Crippen molar-refractivity contribution in [1.29, 1.82) is 0 Å². The minimum absolute atomic E-state index is 0.222. The van der Waals surface area contributed by atoms with E-state index < -0.39 is 11.3 Å². The van der Waals surface area contributed by atoms with Gasteiger partial charge in [0.15, 0.2) is 0 Å². The Bertz CT molecular complexity index is 1380. The number of nitrogens with two attached hydrogens (primary N) is 1. The van der Waals surface area contributed by atoms with Gasteiger partial charge in [0.05, 0.1) is 30.5 Å². The van der Waals surface area contributed by atoms with Crippen molar-refractivity contribution in [3.05, 3.63) is 65.5 Å². The fourth-order valence-corrected chi connectivity index (χ4v) is 9.86. The molecule has 51 heavy (non-hydrogen) atoms. The van der Waals surface area contributed by atoms with E-state index in [0.29, 0.717) is 31.1 Å². The van der Waals surface area contributed by atoms with Crippen LogP contribution < -0.4 is 11.1 Å². The van der Waals surface area contributed by atoms with Crippen LogP contribution in [0.15, 0.2) is 48.7 Å². The molecule has 2 aliphatic heterocycles. The number of aldehydes is 1. The summed E-state index contributed by atoms with van der Waals surface area (Å²) in [5, 5.41) is 3.84. The Labute approximate surface area is 317 Å². The molecular formula is C40H59F2IN6O2. The Balaban J connectivity index is 1.19. The smallest absolute Gasteiger partial charge is 0.248 e. The minimum atomic E-state index is -2.67. The molecule has 2 aliphatic carbocycles. The fraction of sp³-hybridized carbons (Fsp3) is 0.700. The normalized spacial score (nSPS) is 25.2. The summed E-state index contributed by atoms with van der Waals surface area (Å²) in [6, 6.07) is 15.6. The molecule has 3 heterocycles. The van der Waals surface area contributed by atoms with E-state index in [-0.39, 0.29) is 31.2 Å². The number of benzene rings is 1. The molecule has 0 radical (unpaired) electrons. The van der Waals surface area contributed by atoms with Crippen molar-refractivity contribution in [2.75, 3.05) is 76.5 Å². The molecule has 8 nitrogen and oxygen atoms in total. The standard InChI is InChI=1S/C40H59F2IN6O2/c41-40(42)15-13-38(31-50,14-16-40)30-46-39(29-43,34-10-2-1-3-11-34)17-21-47-22-23-48(24-32-27-51-28-32)35(25-47)26-49(20-5-4-18-44)36-12-6-8-33-9-7-19-45-37(33)36/h1-3,7,9-11,19,31-32,35-36,46H,4-6,8,12-18,20-30,44H2/t35-,36+,39+/m1/s1. The third-order valence-corrected chi connectivity index (χ3v) is 13.6. The number of aromatic nitrogens is 1. The van der Waals surface area contributed by atoms with Crippen molar-refractivity contribution in [2.45, 2.75) is 87.8 Å². The molecule has 11 heteroatoms. The van der Waals surface area contributed by atoms with Crippen LogP contribution in [0.3, 0.4) is 0 Å². The van der Waals surface area contributed by atoms with Crippen molar-refractivity contribution >= 4 is 28.9 Å². The van der Waals surface area contributed by atoms with E-state index in [2.05, 4.69) is 79.0 Å². The number of piperazine rings is 1. The molecule has 3 fully saturated rings. The molecule has 282 valence electrons. The lowest BCUT2D eigenvalue weighted by atomic mass is 9.73. The summed E-state index contributed by atoms with van der Waals surface area (Å²) in [6.07, 6.45) is 9.33. The molecule has 0 amide bonds. The molecule has 1 aromatic carbocycles. The first-order valence-corrected chi connectivity index (χ1v) is 20.9. The van der Waals surface area contributed by atoms with Gasteiger partial charge in [0, 0.05) is 86.7 Å². The number of carbonyl (C=O) groups excluding carboxylic acids is 1. The zero-order valence-electron chi connectivity index (χ0n) is 30.3. The molecule has 0 spiro atoms. The Morgan fingerprint density at radius 3 is 2.61 bits per heavy atom. The number of carbonyl (C=O) groups is 1. The summed E-state index contributed by atoms with van der Waals surface area (Å²) < 4.78 is 34.7. The second-order valence-electron chi connectivity index (χ2n) is 15.8. The Kier molecular flexibility index (Phi) is 13.9. The van der Waals surface area contributed by atoms with Crippen LogP contribution in [0.25, 0.3) is 0 Å².